The number of aryl methyl sites for hydroxylation is 1. The molecule has 172 valence electrons. The van der Waals surface area contributed by atoms with Crippen LogP contribution in [0.4, 0.5) is 5.69 Å². The standard InChI is InChI=1S/C29H32N2O.HI/c1-23-9-4-5-12-28(23)26-11-8-10-24(21-26)15-18-29(32)30-27-16-13-25(14-17-27)22-31(2)19-6-3-7-20-31;/h4-5,8-18,21H,3,6-7,19-20,22H2,1-2H3;1H. The number of hydrogen-bond acceptors (Lipinski definition) is 1. The highest BCUT2D eigenvalue weighted by atomic mass is 127. The first-order valence-corrected chi connectivity index (χ1v) is 11.6. The quantitative estimate of drug-likeness (QED) is 0.284. The molecule has 4 heteroatoms. The van der Waals surface area contributed by atoms with E-state index in [4.69, 9.17) is 0 Å². The monoisotopic (exact) mass is 552 g/mol. The number of rotatable bonds is 6. The Labute approximate surface area is 215 Å². The largest absolute Gasteiger partial charge is 1.00 e. The molecule has 0 aromatic heterocycles. The molecular formula is C29H33IN2O. The highest BCUT2D eigenvalue weighted by molar-refractivity contribution is 6.02. The van der Waals surface area contributed by atoms with Crippen LogP contribution >= 0.6 is 0 Å². The van der Waals surface area contributed by atoms with E-state index < -0.39 is 0 Å². The van der Waals surface area contributed by atoms with Crippen molar-refractivity contribution in [3.05, 3.63) is 95.6 Å². The van der Waals surface area contributed by atoms with Crippen LogP contribution in [0.25, 0.3) is 17.2 Å². The summed E-state index contributed by atoms with van der Waals surface area (Å²) in [7, 11) is 2.35. The van der Waals surface area contributed by atoms with Gasteiger partial charge in [-0.2, -0.15) is 0 Å². The van der Waals surface area contributed by atoms with E-state index in [1.807, 2.05) is 30.3 Å². The minimum atomic E-state index is -0.117. The zero-order chi connectivity index (χ0) is 22.4. The van der Waals surface area contributed by atoms with Crippen molar-refractivity contribution in [2.75, 3.05) is 25.5 Å². The van der Waals surface area contributed by atoms with Crippen LogP contribution in [0.3, 0.4) is 0 Å². The van der Waals surface area contributed by atoms with E-state index in [1.54, 1.807) is 6.08 Å². The van der Waals surface area contributed by atoms with Crippen LogP contribution in [-0.4, -0.2) is 30.5 Å². The van der Waals surface area contributed by atoms with Gasteiger partial charge in [-0.05, 0) is 72.7 Å². The van der Waals surface area contributed by atoms with Gasteiger partial charge in [0.15, 0.2) is 0 Å². The maximum atomic E-state index is 12.4. The van der Waals surface area contributed by atoms with Crippen LogP contribution in [-0.2, 0) is 11.3 Å². The van der Waals surface area contributed by atoms with E-state index >= 15 is 0 Å². The zero-order valence-corrected chi connectivity index (χ0v) is 21.7. The number of nitrogens with one attached hydrogen (secondary N) is 1. The number of likely N-dealkylation sites (tertiary alicyclic amines) is 1. The van der Waals surface area contributed by atoms with Gasteiger partial charge < -0.3 is 33.8 Å². The van der Waals surface area contributed by atoms with Crippen molar-refractivity contribution >= 4 is 17.7 Å². The number of hydrogen-bond donors (Lipinski definition) is 1. The molecule has 1 N–H and O–H groups in total. The number of benzene rings is 3. The average molecular weight is 553 g/mol. The van der Waals surface area contributed by atoms with E-state index in [0.717, 1.165) is 27.8 Å². The summed E-state index contributed by atoms with van der Waals surface area (Å²) in [6.45, 7) is 5.69. The summed E-state index contributed by atoms with van der Waals surface area (Å²) in [6, 6.07) is 24.9. The van der Waals surface area contributed by atoms with Crippen molar-refractivity contribution in [2.45, 2.75) is 32.7 Å². The Kier molecular flexibility index (Phi) is 8.87. The number of piperidine rings is 1. The Morgan fingerprint density at radius 3 is 2.39 bits per heavy atom. The molecule has 0 spiro atoms. The molecule has 33 heavy (non-hydrogen) atoms. The molecule has 0 atom stereocenters. The van der Waals surface area contributed by atoms with Gasteiger partial charge in [0.1, 0.15) is 6.54 Å². The van der Waals surface area contributed by atoms with Crippen LogP contribution < -0.4 is 29.3 Å². The summed E-state index contributed by atoms with van der Waals surface area (Å²) < 4.78 is 1.12. The Morgan fingerprint density at radius 1 is 0.939 bits per heavy atom. The summed E-state index contributed by atoms with van der Waals surface area (Å²) in [6.07, 6.45) is 7.48. The third-order valence-corrected chi connectivity index (χ3v) is 6.45. The van der Waals surface area contributed by atoms with Gasteiger partial charge in [-0.1, -0.05) is 54.6 Å². The number of quaternary nitrogens is 1. The van der Waals surface area contributed by atoms with Crippen molar-refractivity contribution in [3.8, 4) is 11.1 Å². The van der Waals surface area contributed by atoms with E-state index in [2.05, 4.69) is 67.8 Å². The molecule has 3 aromatic carbocycles. The predicted octanol–water partition coefficient (Wildman–Crippen LogP) is 3.45. The third-order valence-electron chi connectivity index (χ3n) is 6.45. The second-order valence-corrected chi connectivity index (χ2v) is 9.25. The maximum Gasteiger partial charge on any atom is 0.248 e. The van der Waals surface area contributed by atoms with Crippen LogP contribution in [0.5, 0.6) is 0 Å². The minimum absolute atomic E-state index is 0. The highest BCUT2D eigenvalue weighted by Crippen LogP contribution is 2.24. The van der Waals surface area contributed by atoms with Gasteiger partial charge in [0.2, 0.25) is 5.91 Å². The molecule has 0 unspecified atom stereocenters. The lowest BCUT2D eigenvalue weighted by atomic mass is 9.99. The molecule has 0 radical (unpaired) electrons. The fraction of sp³-hybridized carbons (Fsp3) is 0.276. The van der Waals surface area contributed by atoms with Gasteiger partial charge in [-0.25, -0.2) is 0 Å². The molecule has 1 fully saturated rings. The van der Waals surface area contributed by atoms with Gasteiger partial charge >= 0.3 is 0 Å². The van der Waals surface area contributed by atoms with Crippen molar-refractivity contribution in [1.82, 2.24) is 0 Å². The lowest BCUT2D eigenvalue weighted by Gasteiger charge is -2.37. The Bertz CT molecular complexity index is 1100. The molecule has 1 amide bonds. The highest BCUT2D eigenvalue weighted by Gasteiger charge is 2.24. The first kappa shape index (κ1) is 25.2. The number of carbonyl (C=O) groups excluding carboxylic acids is 1. The van der Waals surface area contributed by atoms with Gasteiger partial charge in [-0.3, -0.25) is 4.79 Å². The fourth-order valence-electron chi connectivity index (χ4n) is 4.63. The molecule has 3 aromatic rings. The van der Waals surface area contributed by atoms with Crippen molar-refractivity contribution in [3.63, 3.8) is 0 Å². The predicted molar refractivity (Wildman–Crippen MR) is 134 cm³/mol. The van der Waals surface area contributed by atoms with Crippen molar-refractivity contribution in [2.24, 2.45) is 0 Å². The molecule has 0 aliphatic carbocycles. The van der Waals surface area contributed by atoms with Gasteiger partial charge in [0, 0.05) is 17.3 Å². The summed E-state index contributed by atoms with van der Waals surface area (Å²) in [5.41, 5.74) is 6.79. The first-order chi connectivity index (χ1) is 15.5. The van der Waals surface area contributed by atoms with Crippen LogP contribution in [0.1, 0.15) is 36.0 Å². The second kappa shape index (κ2) is 11.6. The average Bonchev–Trinajstić information content (AvgIpc) is 2.80. The van der Waals surface area contributed by atoms with Gasteiger partial charge in [0.25, 0.3) is 0 Å². The molecule has 1 aliphatic heterocycles. The van der Waals surface area contributed by atoms with E-state index in [1.165, 1.54) is 49.0 Å². The molecule has 4 rings (SSSR count). The molecule has 0 bridgehead atoms. The molecule has 0 saturated carbocycles. The second-order valence-electron chi connectivity index (χ2n) is 9.25. The van der Waals surface area contributed by atoms with Gasteiger partial charge in [0.05, 0.1) is 20.1 Å². The molecule has 3 nitrogen and oxygen atoms in total. The van der Waals surface area contributed by atoms with Crippen LogP contribution in [0, 0.1) is 6.92 Å². The lowest BCUT2D eigenvalue weighted by molar-refractivity contribution is -0.926. The lowest BCUT2D eigenvalue weighted by Crippen LogP contribution is -3.00. The molecular weight excluding hydrogens is 519 g/mol. The maximum absolute atomic E-state index is 12.4. The first-order valence-electron chi connectivity index (χ1n) is 11.6. The summed E-state index contributed by atoms with van der Waals surface area (Å²) in [5, 5.41) is 2.98. The Morgan fingerprint density at radius 2 is 1.67 bits per heavy atom. The summed E-state index contributed by atoms with van der Waals surface area (Å²) in [5.74, 6) is -0.117. The van der Waals surface area contributed by atoms with E-state index in [0.29, 0.717) is 0 Å². The Balaban J connectivity index is 0.00000306. The van der Waals surface area contributed by atoms with E-state index in [9.17, 15) is 4.79 Å². The van der Waals surface area contributed by atoms with Crippen molar-refractivity contribution < 1.29 is 33.3 Å². The smallest absolute Gasteiger partial charge is 0.248 e. The van der Waals surface area contributed by atoms with Crippen LogP contribution in [0.2, 0.25) is 0 Å². The molecule has 1 aliphatic rings. The third kappa shape index (κ3) is 7.02. The topological polar surface area (TPSA) is 29.1 Å². The van der Waals surface area contributed by atoms with Crippen LogP contribution in [0.15, 0.2) is 78.9 Å². The fourth-order valence-corrected chi connectivity index (χ4v) is 4.63. The normalized spacial score (nSPS) is 15.1. The van der Waals surface area contributed by atoms with E-state index in [-0.39, 0.29) is 29.9 Å². The number of halogens is 1. The number of anilines is 1. The number of nitrogens with zero attached hydrogens (tertiary/aromatic N) is 1. The molecule has 1 heterocycles. The Hall–Kier alpha value is -2.44. The molecule has 1 saturated heterocycles. The SMILES string of the molecule is Cc1ccccc1-c1cccc(C=CC(=O)Nc2ccc(C[N+]3(C)CCCCC3)cc2)c1.[I-]. The summed E-state index contributed by atoms with van der Waals surface area (Å²) >= 11 is 0. The zero-order valence-electron chi connectivity index (χ0n) is 19.6. The number of amides is 1. The van der Waals surface area contributed by atoms with Gasteiger partial charge in [-0.15, -0.1) is 0 Å². The number of carbonyl (C=O) groups is 1. The summed E-state index contributed by atoms with van der Waals surface area (Å²) in [4.78, 5) is 12.4. The van der Waals surface area contributed by atoms with Crippen molar-refractivity contribution in [1.29, 1.82) is 0 Å². The minimum Gasteiger partial charge on any atom is -1.00 e.